The van der Waals surface area contributed by atoms with Gasteiger partial charge in [0.1, 0.15) is 18.3 Å². The Morgan fingerprint density at radius 3 is 2.36 bits per heavy atom. The van der Waals surface area contributed by atoms with Crippen LogP contribution in [0.4, 0.5) is 5.95 Å². The first kappa shape index (κ1) is 29.3. The Morgan fingerprint density at radius 2 is 1.75 bits per heavy atom. The average molecular weight is 598 g/mol. The molecule has 6 unspecified atom stereocenters. The molecule has 0 aromatic carbocycles. The summed E-state index contributed by atoms with van der Waals surface area (Å²) < 4.78 is 52.4. The fourth-order valence-electron chi connectivity index (χ4n) is 3.01. The van der Waals surface area contributed by atoms with Gasteiger partial charge in [0.15, 0.2) is 22.5 Å². The van der Waals surface area contributed by atoms with Crippen LogP contribution in [0.15, 0.2) is 9.95 Å². The van der Waals surface area contributed by atoms with Crippen LogP contribution in [-0.4, -0.2) is 86.5 Å². The summed E-state index contributed by atoms with van der Waals surface area (Å²) in [5, 5.41) is 21.1. The fourth-order valence-corrected chi connectivity index (χ4v) is 6.83. The van der Waals surface area contributed by atoms with Crippen LogP contribution >= 0.6 is 35.2 Å². The summed E-state index contributed by atoms with van der Waals surface area (Å²) >= 11 is 1.06. The molecule has 0 aliphatic carbocycles. The molecule has 24 heteroatoms. The molecule has 20 nitrogen and oxygen atoms in total. The third-order valence-corrected chi connectivity index (χ3v) is 9.08. The van der Waals surface area contributed by atoms with Crippen molar-refractivity contribution in [3.05, 3.63) is 10.4 Å². The predicted octanol–water partition coefficient (Wildman–Crippen LogP) is -2.28. The molecule has 1 saturated heterocycles. The largest absolute Gasteiger partial charge is 0.490 e. The monoisotopic (exact) mass is 598 g/mol. The quantitative estimate of drug-likeness (QED) is 0.0970. The molecule has 11 N–H and O–H groups in total. The Morgan fingerprint density at radius 1 is 1.08 bits per heavy atom. The first-order chi connectivity index (χ1) is 16.5. The van der Waals surface area contributed by atoms with Gasteiger partial charge in [0.2, 0.25) is 5.95 Å². The molecule has 204 valence electrons. The van der Waals surface area contributed by atoms with Gasteiger partial charge in [0.05, 0.1) is 6.61 Å². The molecule has 2 aromatic rings. The lowest BCUT2D eigenvalue weighted by Crippen LogP contribution is -2.33. The zero-order valence-electron chi connectivity index (χ0n) is 17.6. The topological polar surface area (TPSA) is 325 Å². The summed E-state index contributed by atoms with van der Waals surface area (Å²) in [4.78, 5) is 58.5. The molecular formula is C12H21N6O14P3S. The number of hydrogen-bond donors (Lipinski definition) is 9. The van der Waals surface area contributed by atoms with E-state index in [1.165, 1.54) is 0 Å². The molecule has 0 spiro atoms. The lowest BCUT2D eigenvalue weighted by molar-refractivity contribution is -0.0540. The third kappa shape index (κ3) is 6.98. The summed E-state index contributed by atoms with van der Waals surface area (Å²) in [5.41, 5.74) is 10.1. The first-order valence-corrected chi connectivity index (χ1v) is 14.9. The zero-order chi connectivity index (χ0) is 27.1. The molecule has 0 amide bonds. The average Bonchev–Trinajstić information content (AvgIpc) is 3.19. The number of hydrogen-bond acceptors (Lipinski definition) is 15. The molecule has 1 aliphatic rings. The van der Waals surface area contributed by atoms with Crippen LogP contribution < -0.4 is 17.0 Å². The van der Waals surface area contributed by atoms with E-state index < -0.39 is 60.2 Å². The maximum atomic E-state index is 12.2. The number of nitrogen functional groups attached to an aromatic ring is 1. The SMILES string of the molecule is NCCSc1nc2c(=O)[nH]c(N)nc2n1C1OC(COP(=O)(O)OP(=O)(O)OP(=O)(O)O)C(O)C1O. The van der Waals surface area contributed by atoms with E-state index in [0.717, 1.165) is 16.3 Å². The number of nitrogens with one attached hydrogen (secondary N) is 1. The number of aliphatic hydroxyl groups excluding tert-OH is 2. The Bertz CT molecular complexity index is 1310. The summed E-state index contributed by atoms with van der Waals surface area (Å²) in [5.74, 6) is 0.0265. The number of ether oxygens (including phenoxy) is 1. The van der Waals surface area contributed by atoms with Gasteiger partial charge < -0.3 is 46.0 Å². The van der Waals surface area contributed by atoms with E-state index >= 15 is 0 Å². The van der Waals surface area contributed by atoms with Crippen LogP contribution in [0.5, 0.6) is 0 Å². The third-order valence-electron chi connectivity index (χ3n) is 4.30. The number of aliphatic hydroxyl groups is 2. The Balaban J connectivity index is 1.83. The zero-order valence-corrected chi connectivity index (χ0v) is 21.1. The van der Waals surface area contributed by atoms with Crippen LogP contribution in [0.2, 0.25) is 0 Å². The smallest absolute Gasteiger partial charge is 0.387 e. The summed E-state index contributed by atoms with van der Waals surface area (Å²) in [6.45, 7) is -0.828. The van der Waals surface area contributed by atoms with E-state index in [2.05, 4.69) is 28.1 Å². The molecule has 2 aromatic heterocycles. The minimum Gasteiger partial charge on any atom is -0.387 e. The number of aromatic amines is 1. The van der Waals surface area contributed by atoms with Crippen molar-refractivity contribution in [3.63, 3.8) is 0 Å². The lowest BCUT2D eigenvalue weighted by Gasteiger charge is -2.19. The second kappa shape index (κ2) is 10.9. The number of nitrogens with zero attached hydrogens (tertiary/aromatic N) is 3. The highest BCUT2D eigenvalue weighted by Crippen LogP contribution is 2.66. The number of fused-ring (bicyclic) bond motifs is 1. The number of phosphoric acid groups is 3. The molecule has 1 aliphatic heterocycles. The molecule has 0 saturated carbocycles. The van der Waals surface area contributed by atoms with Crippen LogP contribution in [0.1, 0.15) is 6.23 Å². The van der Waals surface area contributed by atoms with Gasteiger partial charge >= 0.3 is 23.5 Å². The van der Waals surface area contributed by atoms with Gasteiger partial charge in [-0.15, -0.1) is 0 Å². The molecule has 0 radical (unpaired) electrons. The Labute approximate surface area is 204 Å². The van der Waals surface area contributed by atoms with Gasteiger partial charge in [-0.3, -0.25) is 18.9 Å². The maximum Gasteiger partial charge on any atom is 0.490 e. The Hall–Kier alpha value is -1.25. The molecule has 3 rings (SSSR count). The van der Waals surface area contributed by atoms with E-state index in [1.54, 1.807) is 0 Å². The van der Waals surface area contributed by atoms with Gasteiger partial charge in [0.25, 0.3) is 5.56 Å². The highest BCUT2D eigenvalue weighted by atomic mass is 32.2. The number of phosphoric ester groups is 1. The molecule has 6 atom stereocenters. The van der Waals surface area contributed by atoms with Gasteiger partial charge in [-0.1, -0.05) is 11.8 Å². The standard InChI is InChI=1S/C12H21N6O14P3S/c13-1-2-36-12-15-5-8(16-11(14)17-9(5)21)18(12)10-7(20)6(19)4(30-10)3-29-34(25,26)32-35(27,28)31-33(22,23)24/h4,6-7,10,19-20H,1-3,13H2,(H,25,26)(H,27,28)(H2,22,23,24)(H3,14,16,17,21). The maximum absolute atomic E-state index is 12.2. The predicted molar refractivity (Wildman–Crippen MR) is 118 cm³/mol. The molecular weight excluding hydrogens is 577 g/mol. The van der Waals surface area contributed by atoms with Crippen LogP contribution in [0.25, 0.3) is 11.2 Å². The van der Waals surface area contributed by atoms with Crippen molar-refractivity contribution in [1.82, 2.24) is 19.5 Å². The first-order valence-electron chi connectivity index (χ1n) is 9.44. The van der Waals surface area contributed by atoms with E-state index in [9.17, 15) is 38.5 Å². The number of thioether (sulfide) groups is 1. The second-order valence-corrected chi connectivity index (χ2v) is 12.4. The molecule has 1 fully saturated rings. The molecule has 36 heavy (non-hydrogen) atoms. The number of H-pyrrole nitrogens is 1. The number of anilines is 1. The number of imidazole rings is 1. The minimum atomic E-state index is -5.76. The normalized spacial score (nSPS) is 26.2. The van der Waals surface area contributed by atoms with Crippen LogP contribution in [-0.2, 0) is 31.6 Å². The van der Waals surface area contributed by atoms with Crippen LogP contribution in [0.3, 0.4) is 0 Å². The second-order valence-electron chi connectivity index (χ2n) is 6.96. The van der Waals surface area contributed by atoms with Crippen molar-refractivity contribution >= 4 is 52.3 Å². The number of aromatic nitrogens is 4. The van der Waals surface area contributed by atoms with E-state index in [-0.39, 0.29) is 28.8 Å². The summed E-state index contributed by atoms with van der Waals surface area (Å²) in [7, 11) is -16.9. The Kier molecular flexibility index (Phi) is 8.84. The summed E-state index contributed by atoms with van der Waals surface area (Å²) in [6, 6.07) is 0. The number of nitrogens with two attached hydrogens (primary N) is 2. The number of rotatable bonds is 11. The van der Waals surface area contributed by atoms with Crippen LogP contribution in [0, 0.1) is 0 Å². The van der Waals surface area contributed by atoms with Crippen molar-refractivity contribution in [2.75, 3.05) is 24.6 Å². The highest BCUT2D eigenvalue weighted by molar-refractivity contribution is 7.99. The van der Waals surface area contributed by atoms with E-state index in [4.69, 9.17) is 26.0 Å². The molecule has 0 bridgehead atoms. The lowest BCUT2D eigenvalue weighted by atomic mass is 10.1. The van der Waals surface area contributed by atoms with E-state index in [0.29, 0.717) is 5.75 Å². The fraction of sp³-hybridized carbons (Fsp3) is 0.583. The van der Waals surface area contributed by atoms with Crippen molar-refractivity contribution < 1.29 is 61.4 Å². The minimum absolute atomic E-state index is 0.101. The van der Waals surface area contributed by atoms with Crippen molar-refractivity contribution in [1.29, 1.82) is 0 Å². The summed E-state index contributed by atoms with van der Waals surface area (Å²) in [6.07, 6.45) is -6.57. The van der Waals surface area contributed by atoms with Gasteiger partial charge in [-0.2, -0.15) is 13.6 Å². The van der Waals surface area contributed by atoms with Crippen molar-refractivity contribution in [3.8, 4) is 0 Å². The van der Waals surface area contributed by atoms with Gasteiger partial charge in [-0.25, -0.2) is 18.7 Å². The van der Waals surface area contributed by atoms with Gasteiger partial charge in [-0.05, 0) is 0 Å². The van der Waals surface area contributed by atoms with Gasteiger partial charge in [0, 0.05) is 12.3 Å². The highest BCUT2D eigenvalue weighted by Gasteiger charge is 2.47. The van der Waals surface area contributed by atoms with Crippen molar-refractivity contribution in [2.24, 2.45) is 5.73 Å². The van der Waals surface area contributed by atoms with E-state index in [1.807, 2.05) is 0 Å². The van der Waals surface area contributed by atoms with Crippen molar-refractivity contribution in [2.45, 2.75) is 29.7 Å². The molecule has 3 heterocycles.